The Hall–Kier alpha value is -1.55. The molecule has 0 saturated carbocycles. The molecule has 106 valence electrons. The second-order valence-electron chi connectivity index (χ2n) is 4.57. The first-order valence-electron chi connectivity index (χ1n) is 6.70. The van der Waals surface area contributed by atoms with Crippen LogP contribution in [0.5, 0.6) is 0 Å². The van der Waals surface area contributed by atoms with Crippen molar-refractivity contribution in [2.75, 3.05) is 27.7 Å². The first kappa shape index (κ1) is 15.5. The number of rotatable bonds is 2. The highest BCUT2D eigenvalue weighted by Crippen LogP contribution is 2.34. The third kappa shape index (κ3) is 3.47. The molecule has 1 amide bonds. The van der Waals surface area contributed by atoms with Crippen LogP contribution in [0.4, 0.5) is 4.79 Å². The number of amides is 1. The fourth-order valence-corrected chi connectivity index (χ4v) is 2.32. The lowest BCUT2D eigenvalue weighted by Gasteiger charge is -2.26. The van der Waals surface area contributed by atoms with Gasteiger partial charge in [0.25, 0.3) is 0 Å². The van der Waals surface area contributed by atoms with Gasteiger partial charge < -0.3 is 9.64 Å². The summed E-state index contributed by atoms with van der Waals surface area (Å²) in [5.41, 5.74) is 2.44. The number of hydrogen-bond donors (Lipinski definition) is 0. The van der Waals surface area contributed by atoms with Crippen LogP contribution in [0.15, 0.2) is 24.3 Å². The third-order valence-corrected chi connectivity index (χ3v) is 3.08. The van der Waals surface area contributed by atoms with Gasteiger partial charge in [-0.15, -0.1) is 0 Å². The second-order valence-corrected chi connectivity index (χ2v) is 4.57. The first-order valence-corrected chi connectivity index (χ1v) is 6.70. The van der Waals surface area contributed by atoms with Crippen LogP contribution in [0.25, 0.3) is 0 Å². The molecule has 0 radical (unpaired) electrons. The minimum atomic E-state index is -0.256. The summed E-state index contributed by atoms with van der Waals surface area (Å²) in [6, 6.07) is 8.27. The summed E-state index contributed by atoms with van der Waals surface area (Å²) < 4.78 is 4.85. The van der Waals surface area contributed by atoms with E-state index in [1.54, 1.807) is 4.90 Å². The predicted octanol–water partition coefficient (Wildman–Crippen LogP) is 2.90. The summed E-state index contributed by atoms with van der Waals surface area (Å²) in [4.78, 5) is 15.6. The van der Waals surface area contributed by atoms with Crippen LogP contribution in [0, 0.1) is 0 Å². The van der Waals surface area contributed by atoms with Crippen LogP contribution in [-0.4, -0.2) is 43.6 Å². The molecule has 1 aliphatic heterocycles. The Morgan fingerprint density at radius 3 is 2.58 bits per heavy atom. The van der Waals surface area contributed by atoms with Crippen LogP contribution < -0.4 is 0 Å². The predicted molar refractivity (Wildman–Crippen MR) is 77.0 cm³/mol. The van der Waals surface area contributed by atoms with E-state index in [4.69, 9.17) is 4.74 Å². The van der Waals surface area contributed by atoms with Gasteiger partial charge in [0.2, 0.25) is 0 Å². The Morgan fingerprint density at radius 1 is 1.37 bits per heavy atom. The van der Waals surface area contributed by atoms with Gasteiger partial charge in [0.15, 0.2) is 0 Å². The van der Waals surface area contributed by atoms with Gasteiger partial charge in [0, 0.05) is 6.54 Å². The van der Waals surface area contributed by atoms with Gasteiger partial charge in [0.05, 0.1) is 19.7 Å². The maximum absolute atomic E-state index is 11.8. The van der Waals surface area contributed by atoms with Crippen molar-refractivity contribution in [3.8, 4) is 0 Å². The summed E-state index contributed by atoms with van der Waals surface area (Å²) in [7, 11) is 5.45. The smallest absolute Gasteiger partial charge is 0.410 e. The molecule has 1 aliphatic rings. The second kappa shape index (κ2) is 7.14. The maximum atomic E-state index is 11.8. The van der Waals surface area contributed by atoms with Crippen molar-refractivity contribution < 1.29 is 9.53 Å². The van der Waals surface area contributed by atoms with Crippen LogP contribution in [-0.2, 0) is 11.3 Å². The van der Waals surface area contributed by atoms with Crippen LogP contribution in [0.2, 0.25) is 0 Å². The normalized spacial score (nSPS) is 16.7. The molecule has 1 aromatic carbocycles. The average Bonchev–Trinajstić information content (AvgIpc) is 2.79. The Morgan fingerprint density at radius 2 is 2.00 bits per heavy atom. The van der Waals surface area contributed by atoms with Gasteiger partial charge in [-0.1, -0.05) is 38.1 Å². The Kier molecular flexibility index (Phi) is 5.83. The van der Waals surface area contributed by atoms with E-state index in [1.807, 2.05) is 40.1 Å². The van der Waals surface area contributed by atoms with Gasteiger partial charge >= 0.3 is 6.09 Å². The van der Waals surface area contributed by atoms with E-state index in [9.17, 15) is 4.79 Å². The number of fused-ring (bicyclic) bond motifs is 1. The number of carbonyl (C=O) groups excluding carboxylic acids is 1. The van der Waals surface area contributed by atoms with Crippen molar-refractivity contribution >= 4 is 6.09 Å². The monoisotopic (exact) mass is 264 g/mol. The van der Waals surface area contributed by atoms with Crippen molar-refractivity contribution in [1.82, 2.24) is 9.80 Å². The number of carbonyl (C=O) groups is 1. The number of nitrogens with zero attached hydrogens (tertiary/aromatic N) is 2. The lowest BCUT2D eigenvalue weighted by Crippen LogP contribution is -2.35. The maximum Gasteiger partial charge on any atom is 0.410 e. The van der Waals surface area contributed by atoms with Crippen LogP contribution >= 0.6 is 0 Å². The summed E-state index contributed by atoms with van der Waals surface area (Å²) >= 11 is 0. The van der Waals surface area contributed by atoms with E-state index in [1.165, 1.54) is 18.2 Å². The summed E-state index contributed by atoms with van der Waals surface area (Å²) in [6.45, 7) is 5.45. The third-order valence-electron chi connectivity index (χ3n) is 3.08. The lowest BCUT2D eigenvalue weighted by molar-refractivity contribution is 0.101. The Bertz CT molecular complexity index is 418. The topological polar surface area (TPSA) is 32.8 Å². The van der Waals surface area contributed by atoms with Gasteiger partial charge in [-0.3, -0.25) is 4.90 Å². The quantitative estimate of drug-likeness (QED) is 0.823. The zero-order chi connectivity index (χ0) is 14.4. The molecule has 4 heteroatoms. The number of benzene rings is 1. The highest BCUT2D eigenvalue weighted by atomic mass is 16.5. The number of methoxy groups -OCH3 is 1. The van der Waals surface area contributed by atoms with Gasteiger partial charge in [-0.05, 0) is 25.2 Å². The standard InChI is InChI=1S/C13H18N2O2.C2H6/c1-14(2)9-12-11-7-5-4-6-10(11)8-15(12)13(16)17-3;1-2/h4-7,12H,8-9H2,1-3H3;1-2H3. The highest BCUT2D eigenvalue weighted by Gasteiger charge is 2.33. The molecule has 0 bridgehead atoms. The molecule has 1 aromatic rings. The molecule has 1 unspecified atom stereocenters. The fraction of sp³-hybridized carbons (Fsp3) is 0.533. The minimum Gasteiger partial charge on any atom is -0.453 e. The van der Waals surface area contributed by atoms with Gasteiger partial charge in [-0.2, -0.15) is 0 Å². The van der Waals surface area contributed by atoms with Crippen LogP contribution in [0.3, 0.4) is 0 Å². The number of hydrogen-bond acceptors (Lipinski definition) is 3. The van der Waals surface area contributed by atoms with E-state index in [2.05, 4.69) is 17.0 Å². The van der Waals surface area contributed by atoms with E-state index in [0.717, 1.165) is 6.54 Å². The molecule has 2 rings (SSSR count). The van der Waals surface area contributed by atoms with Gasteiger partial charge in [0.1, 0.15) is 0 Å². The molecular weight excluding hydrogens is 240 g/mol. The van der Waals surface area contributed by atoms with Crippen molar-refractivity contribution in [2.45, 2.75) is 26.4 Å². The molecule has 1 atom stereocenters. The Labute approximate surface area is 116 Å². The van der Waals surface area contributed by atoms with Gasteiger partial charge in [-0.25, -0.2) is 4.79 Å². The van der Waals surface area contributed by atoms with Crippen molar-refractivity contribution in [3.63, 3.8) is 0 Å². The zero-order valence-electron chi connectivity index (χ0n) is 12.5. The molecule has 1 heterocycles. The summed E-state index contributed by atoms with van der Waals surface area (Å²) in [5.74, 6) is 0. The number of likely N-dealkylation sites (N-methyl/N-ethyl adjacent to an activating group) is 1. The zero-order valence-corrected chi connectivity index (χ0v) is 12.5. The number of ether oxygens (including phenoxy) is 1. The molecule has 0 spiro atoms. The molecule has 19 heavy (non-hydrogen) atoms. The molecule has 0 N–H and O–H groups in total. The highest BCUT2D eigenvalue weighted by molar-refractivity contribution is 5.69. The molecule has 0 aliphatic carbocycles. The average molecular weight is 264 g/mol. The molecule has 0 aromatic heterocycles. The molecule has 0 fully saturated rings. The largest absolute Gasteiger partial charge is 0.453 e. The van der Waals surface area contributed by atoms with E-state index in [0.29, 0.717) is 6.54 Å². The fourth-order valence-electron chi connectivity index (χ4n) is 2.32. The van der Waals surface area contributed by atoms with E-state index >= 15 is 0 Å². The SMILES string of the molecule is CC.COC(=O)N1Cc2ccccc2C1CN(C)C. The minimum absolute atomic E-state index is 0.0913. The van der Waals surface area contributed by atoms with E-state index < -0.39 is 0 Å². The van der Waals surface area contributed by atoms with E-state index in [-0.39, 0.29) is 12.1 Å². The molecular formula is C15H24N2O2. The Balaban J connectivity index is 0.000000861. The van der Waals surface area contributed by atoms with Crippen LogP contribution in [0.1, 0.15) is 31.0 Å². The summed E-state index contributed by atoms with van der Waals surface area (Å²) in [6.07, 6.45) is -0.256. The van der Waals surface area contributed by atoms with Crippen molar-refractivity contribution in [2.24, 2.45) is 0 Å². The molecule has 4 nitrogen and oxygen atoms in total. The lowest BCUT2D eigenvalue weighted by atomic mass is 10.0. The van der Waals surface area contributed by atoms with Crippen molar-refractivity contribution in [1.29, 1.82) is 0 Å². The molecule has 0 saturated heterocycles. The first-order chi connectivity index (χ1) is 9.13. The van der Waals surface area contributed by atoms with Crippen molar-refractivity contribution in [3.05, 3.63) is 35.4 Å². The summed E-state index contributed by atoms with van der Waals surface area (Å²) in [5, 5.41) is 0.